The Morgan fingerprint density at radius 3 is 0.697 bits per heavy atom. The highest BCUT2D eigenvalue weighted by Crippen LogP contribution is 2.60. The second-order valence-corrected chi connectivity index (χ2v) is 40.2. The second kappa shape index (κ2) is 47.4. The molecule has 0 bridgehead atoms. The fourth-order valence-electron chi connectivity index (χ4n) is 21.5. The molecular weight excluding hydrogens is 1810 g/mol. The number of carbonyl (C=O) groups is 8. The maximum Gasteiger partial charge on any atom is 0.305 e. The van der Waals surface area contributed by atoms with Crippen LogP contribution in [0.25, 0.3) is 43.1 Å². The van der Waals surface area contributed by atoms with Crippen molar-refractivity contribution < 1.29 is 107 Å². The lowest BCUT2D eigenvalue weighted by molar-refractivity contribution is -0.536. The molecule has 3 aliphatic carbocycles. The average molecular weight is 1950 g/mol. The lowest BCUT2D eigenvalue weighted by Gasteiger charge is -2.63. The Labute approximate surface area is 832 Å². The van der Waals surface area contributed by atoms with Crippen LogP contribution in [0.1, 0.15) is 324 Å². The van der Waals surface area contributed by atoms with Crippen molar-refractivity contribution in [3.05, 3.63) is 148 Å². The third-order valence-electron chi connectivity index (χ3n) is 29.5. The maximum absolute atomic E-state index is 16.5. The van der Waals surface area contributed by atoms with E-state index in [9.17, 15) is 38.4 Å². The maximum atomic E-state index is 16.5. The minimum atomic E-state index is -1.83. The van der Waals surface area contributed by atoms with E-state index in [0.29, 0.717) is 118 Å². The molecule has 30 nitrogen and oxygen atoms in total. The minimum absolute atomic E-state index is 0.00256. The van der Waals surface area contributed by atoms with Crippen molar-refractivity contribution >= 4 is 136 Å². The number of nitrogens with one attached hydrogen (secondary N) is 8. The molecule has 766 valence electrons. The van der Waals surface area contributed by atoms with E-state index in [2.05, 4.69) is 42.5 Å². The van der Waals surface area contributed by atoms with Crippen LogP contribution in [0.4, 0.5) is 45.5 Å². The van der Waals surface area contributed by atoms with E-state index >= 15 is 30.6 Å². The summed E-state index contributed by atoms with van der Waals surface area (Å²) in [5, 5.41) is 130. The van der Waals surface area contributed by atoms with Crippen LogP contribution in [-0.2, 0) is 76.3 Å². The molecule has 0 saturated heterocycles. The first-order valence-electron chi connectivity index (χ1n) is 52.4. The van der Waals surface area contributed by atoms with Gasteiger partial charge in [0, 0.05) is 125 Å². The van der Waals surface area contributed by atoms with E-state index < -0.39 is 163 Å². The van der Waals surface area contributed by atoms with E-state index in [1.807, 2.05) is 104 Å². The first-order chi connectivity index (χ1) is 68.7. The summed E-state index contributed by atoms with van der Waals surface area (Å²) in [5.41, 5.74) is -2.22. The molecule has 8 N–H and O–H groups in total. The quantitative estimate of drug-likeness (QED) is 0.00759. The largest absolute Gasteiger partial charge is 0.851 e. The first kappa shape index (κ1) is 105. The first-order valence-corrected chi connectivity index (χ1v) is 52.4. The molecule has 0 spiro atoms. The van der Waals surface area contributed by atoms with Gasteiger partial charge in [0.25, 0.3) is 0 Å². The van der Waals surface area contributed by atoms with Crippen molar-refractivity contribution in [3.63, 3.8) is 0 Å². The molecule has 8 aromatic rings. The summed E-state index contributed by atoms with van der Waals surface area (Å²) in [6.07, 6.45) is 7.48. The van der Waals surface area contributed by atoms with Crippen LogP contribution in [0, 0.1) is 5.92 Å². The molecule has 8 aromatic carbocycles. The molecule has 30 heteroatoms. The van der Waals surface area contributed by atoms with Gasteiger partial charge >= 0.3 is 47.8 Å². The third-order valence-corrected chi connectivity index (χ3v) is 29.5. The van der Waals surface area contributed by atoms with Gasteiger partial charge in [-0.1, -0.05) is 243 Å². The summed E-state index contributed by atoms with van der Waals surface area (Å²) >= 11 is 0. The smallest absolute Gasteiger partial charge is 0.305 e. The van der Waals surface area contributed by atoms with Crippen LogP contribution in [0.3, 0.4) is 0 Å². The van der Waals surface area contributed by atoms with Crippen molar-refractivity contribution in [2.75, 3.05) is 95.4 Å². The number of carbonyl (C=O) groups excluding carboxylic acids is 8. The minimum Gasteiger partial charge on any atom is -0.851 e. The normalized spacial score (nSPS) is 21.3. The predicted molar refractivity (Wildman–Crippen MR) is 535 cm³/mol. The molecule has 0 radical (unpaired) electrons. The van der Waals surface area contributed by atoms with Gasteiger partial charge in [-0.05, 0) is 149 Å². The zero-order valence-electron chi connectivity index (χ0n) is 83.5. The SMILES string of the molecule is CCCCCC(=O)OCC1(COC(=O)CCCCC)Nc2cccc3ccc([C+]4C([O-])C(c5ccc6ccc(C7C([O-])C(c8ccc9ccc(C%10C([O-])C(c%11ccc%12cccc%13c%12c%11NC(COC(=O)CCCCC)(COC(=O)CCCCC)N%13)C%10[O-])c%10c9c8NC(COC(=O)CCCCC)(COC(=O)CCCCC)N%10)C7[O-])c7c6c5NC(COC(=O)CCCCC)(COC(=O)CCCCC)N7)C4[O-])c(c23)N1. The zero-order chi connectivity index (χ0) is 101. The zero-order valence-corrected chi connectivity index (χ0v) is 83.5. The number of hydrogen-bond donors (Lipinski definition) is 8. The second-order valence-electron chi connectivity index (χ2n) is 40.2. The summed E-state index contributed by atoms with van der Waals surface area (Å²) in [5.74, 6) is -10.9. The monoisotopic (exact) mass is 1950 g/mol. The Kier molecular flexibility index (Phi) is 35.0. The number of anilines is 8. The van der Waals surface area contributed by atoms with E-state index in [1.54, 1.807) is 60.7 Å². The number of benzene rings is 8. The Bertz CT molecular complexity index is 5350. The standard InChI is InChI=1S/C112H141N8O22/c1-9-17-25-39-79(121)135-59-109(60-136-80(122)40-26-18-10-2)113-77-37-33-35-67-47-53-71(97(115-109)87(67)77)91-103(129)93(104(91)130)73-55-49-69-51-57-75(101-89(69)99(73)117-111(119-101,63-139-83(125)43-29-21-13-5)64-140-84(126)44-30-22-14-6)95-107(133)96(108(95)134)76-58-52-70-50-56-74(100-90(70)102(76)120-112(118-100,65-141-85(127)45-31-23-15-7)66-142-86(128)46-32-24-16-8)94-105(131)92(106(94)132)72-54-48-68-36-34-38-78-88(68)98(72)116-110(114-78,61-137-81(123)41-27-19-11-3)62-138-82(124)42-28-20-12-4/h33-38,47-58,91,93-96,103-108,113-120H,9-32,39-46,59-66H2,1-8H3/q-5. The van der Waals surface area contributed by atoms with Gasteiger partial charge in [-0.25, -0.2) is 0 Å². The van der Waals surface area contributed by atoms with Crippen LogP contribution < -0.4 is 73.2 Å². The molecule has 0 amide bonds. The topological polar surface area (TPSA) is 445 Å². The van der Waals surface area contributed by atoms with Crippen molar-refractivity contribution in [2.24, 2.45) is 0 Å². The molecular formula is C112H141N8O22-5. The van der Waals surface area contributed by atoms with Crippen LogP contribution in [0.2, 0.25) is 0 Å². The average Bonchev–Trinajstić information content (AvgIpc) is 0.698. The number of ether oxygens (including phenoxy) is 8. The van der Waals surface area contributed by atoms with Gasteiger partial charge in [-0.15, -0.1) is 24.4 Å². The molecule has 3 saturated carbocycles. The molecule has 7 aliphatic rings. The van der Waals surface area contributed by atoms with Crippen molar-refractivity contribution in [1.29, 1.82) is 0 Å². The highest BCUT2D eigenvalue weighted by atomic mass is 16.6. The molecule has 6 unspecified atom stereocenters. The summed E-state index contributed by atoms with van der Waals surface area (Å²) in [7, 11) is 0. The fraction of sp³-hybridized carbons (Fsp3) is 0.562. The van der Waals surface area contributed by atoms with E-state index in [1.165, 1.54) is 0 Å². The van der Waals surface area contributed by atoms with Crippen LogP contribution in [0.5, 0.6) is 0 Å². The Balaban J connectivity index is 0.822. The van der Waals surface area contributed by atoms with Gasteiger partial charge in [0.15, 0.2) is 33.9 Å². The number of rotatable bonds is 54. The lowest BCUT2D eigenvalue weighted by Crippen LogP contribution is -2.65. The van der Waals surface area contributed by atoms with Gasteiger partial charge in [-0.3, -0.25) is 38.4 Å². The highest BCUT2D eigenvalue weighted by molar-refractivity contribution is 6.12. The molecule has 142 heavy (non-hydrogen) atoms. The van der Waals surface area contributed by atoms with Crippen molar-refractivity contribution in [1.82, 2.24) is 0 Å². The third kappa shape index (κ3) is 22.9. The van der Waals surface area contributed by atoms with Crippen LogP contribution >= 0.6 is 0 Å². The molecule has 15 rings (SSSR count). The molecule has 4 aliphatic heterocycles. The summed E-state index contributed by atoms with van der Waals surface area (Å²) in [4.78, 5) is 111. The summed E-state index contributed by atoms with van der Waals surface area (Å²) in [6.45, 7) is 12.8. The Hall–Kier alpha value is -11.4. The predicted octanol–water partition coefficient (Wildman–Crippen LogP) is 15.3. The van der Waals surface area contributed by atoms with Crippen molar-refractivity contribution in [2.45, 2.75) is 350 Å². The van der Waals surface area contributed by atoms with Gasteiger partial charge < -0.3 is 111 Å². The fourth-order valence-corrected chi connectivity index (χ4v) is 21.5. The van der Waals surface area contributed by atoms with Gasteiger partial charge in [-0.2, -0.15) is 0 Å². The van der Waals surface area contributed by atoms with E-state index in [4.69, 9.17) is 37.9 Å². The summed E-state index contributed by atoms with van der Waals surface area (Å²) in [6, 6.07) is 32.1. The molecule has 6 atom stereocenters. The van der Waals surface area contributed by atoms with E-state index in [-0.39, 0.29) is 129 Å². The van der Waals surface area contributed by atoms with Gasteiger partial charge in [0.05, 0.1) is 11.1 Å². The van der Waals surface area contributed by atoms with Gasteiger partial charge in [0.2, 0.25) is 0 Å². The van der Waals surface area contributed by atoms with Crippen LogP contribution in [-0.4, -0.2) is 160 Å². The number of unbranched alkanes of at least 4 members (excludes halogenated alkanes) is 16. The number of hydrogen-bond acceptors (Lipinski definition) is 30. The molecule has 4 heterocycles. The molecule has 0 aromatic heterocycles. The Morgan fingerprint density at radius 2 is 0.451 bits per heavy atom. The Morgan fingerprint density at radius 1 is 0.246 bits per heavy atom. The summed E-state index contributed by atoms with van der Waals surface area (Å²) < 4.78 is 49.0. The lowest BCUT2D eigenvalue weighted by atomic mass is 9.61. The van der Waals surface area contributed by atoms with Crippen LogP contribution in [0.15, 0.2) is 109 Å². The number of esters is 8. The van der Waals surface area contributed by atoms with E-state index in [0.717, 1.165) is 114 Å². The molecule has 3 fully saturated rings. The van der Waals surface area contributed by atoms with Crippen molar-refractivity contribution in [3.8, 4) is 0 Å². The highest BCUT2D eigenvalue weighted by Gasteiger charge is 2.54. The van der Waals surface area contributed by atoms with Gasteiger partial charge in [0.1, 0.15) is 52.9 Å².